The summed E-state index contributed by atoms with van der Waals surface area (Å²) < 4.78 is 13.0. The lowest BCUT2D eigenvalue weighted by Crippen LogP contribution is -2.14. The van der Waals surface area contributed by atoms with Crippen molar-refractivity contribution < 1.29 is 4.39 Å². The van der Waals surface area contributed by atoms with Crippen molar-refractivity contribution >= 4 is 5.69 Å². The maximum atomic E-state index is 13.0. The molecule has 0 fully saturated rings. The Hall–Kier alpha value is -2.79. The van der Waals surface area contributed by atoms with Gasteiger partial charge in [0.15, 0.2) is 0 Å². The third-order valence-corrected chi connectivity index (χ3v) is 3.24. The fourth-order valence-corrected chi connectivity index (χ4v) is 1.98. The van der Waals surface area contributed by atoms with E-state index in [1.165, 1.54) is 12.1 Å². The van der Waals surface area contributed by atoms with Crippen LogP contribution in [0, 0.1) is 17.7 Å². The van der Waals surface area contributed by atoms with Crippen molar-refractivity contribution in [3.05, 3.63) is 90.0 Å². The molecule has 1 aromatic carbocycles. The van der Waals surface area contributed by atoms with Crippen LogP contribution in [-0.4, -0.2) is 7.05 Å². The van der Waals surface area contributed by atoms with Crippen LogP contribution in [0.15, 0.2) is 84.1 Å². The number of benzene rings is 1. The number of nitrogens with zero attached hydrogens (tertiary/aromatic N) is 1. The van der Waals surface area contributed by atoms with Crippen molar-refractivity contribution in [2.45, 2.75) is 20.8 Å². The predicted molar refractivity (Wildman–Crippen MR) is 103 cm³/mol. The lowest BCUT2D eigenvalue weighted by atomic mass is 10.1. The van der Waals surface area contributed by atoms with Crippen LogP contribution in [0.1, 0.15) is 20.8 Å². The average molecular weight is 321 g/mol. The number of rotatable bonds is 5. The summed E-state index contributed by atoms with van der Waals surface area (Å²) in [7, 11) is 1.92. The van der Waals surface area contributed by atoms with Gasteiger partial charge in [-0.05, 0) is 57.2 Å². The summed E-state index contributed by atoms with van der Waals surface area (Å²) in [5.74, 6) is 5.90. The molecule has 0 bridgehead atoms. The van der Waals surface area contributed by atoms with Crippen molar-refractivity contribution in [1.29, 1.82) is 0 Å². The first-order valence-corrected chi connectivity index (χ1v) is 7.72. The van der Waals surface area contributed by atoms with E-state index < -0.39 is 0 Å². The lowest BCUT2D eigenvalue weighted by Gasteiger charge is -2.20. The molecule has 0 spiro atoms. The normalized spacial score (nSPS) is 11.9. The topological polar surface area (TPSA) is 3.24 Å². The Labute approximate surface area is 145 Å². The van der Waals surface area contributed by atoms with E-state index in [9.17, 15) is 4.39 Å². The summed E-state index contributed by atoms with van der Waals surface area (Å²) in [5, 5.41) is 0. The fraction of sp³-hybridized carbons (Fsp3) is 0.182. The quantitative estimate of drug-likeness (QED) is 0.489. The van der Waals surface area contributed by atoms with Crippen molar-refractivity contribution in [3.63, 3.8) is 0 Å². The Balaban J connectivity index is 2.92. The molecule has 1 aromatic rings. The number of hydrogen-bond donors (Lipinski definition) is 0. The monoisotopic (exact) mass is 321 g/mol. The molecule has 0 unspecified atom stereocenters. The fourth-order valence-electron chi connectivity index (χ4n) is 1.98. The zero-order valence-corrected chi connectivity index (χ0v) is 14.9. The Kier molecular flexibility index (Phi) is 7.52. The van der Waals surface area contributed by atoms with Gasteiger partial charge in [-0.3, -0.25) is 0 Å². The van der Waals surface area contributed by atoms with Gasteiger partial charge in [-0.15, -0.1) is 0 Å². The van der Waals surface area contributed by atoms with Gasteiger partial charge in [-0.25, -0.2) is 4.39 Å². The van der Waals surface area contributed by atoms with Crippen LogP contribution in [-0.2, 0) is 0 Å². The summed E-state index contributed by atoms with van der Waals surface area (Å²) >= 11 is 0. The molecule has 0 amide bonds. The molecule has 0 radical (unpaired) electrons. The van der Waals surface area contributed by atoms with Gasteiger partial charge in [-0.1, -0.05) is 42.7 Å². The molecule has 0 aliphatic carbocycles. The first-order valence-electron chi connectivity index (χ1n) is 7.72. The van der Waals surface area contributed by atoms with Crippen LogP contribution < -0.4 is 4.90 Å². The molecule has 0 saturated carbocycles. The second-order valence-corrected chi connectivity index (χ2v) is 5.54. The Bertz CT molecular complexity index is 749. The third kappa shape index (κ3) is 6.54. The van der Waals surface area contributed by atoms with E-state index in [1.807, 2.05) is 57.0 Å². The van der Waals surface area contributed by atoms with Crippen molar-refractivity contribution in [3.8, 4) is 11.8 Å². The van der Waals surface area contributed by atoms with Crippen LogP contribution in [0.5, 0.6) is 0 Å². The molecule has 0 aromatic heterocycles. The third-order valence-electron chi connectivity index (χ3n) is 3.24. The largest absolute Gasteiger partial charge is 0.348 e. The van der Waals surface area contributed by atoms with E-state index in [-0.39, 0.29) is 5.82 Å². The molecule has 0 aliphatic rings. The second kappa shape index (κ2) is 9.37. The van der Waals surface area contributed by atoms with Crippen LogP contribution in [0.2, 0.25) is 0 Å². The Morgan fingerprint density at radius 3 is 2.25 bits per heavy atom. The van der Waals surface area contributed by atoms with Gasteiger partial charge in [0.1, 0.15) is 5.82 Å². The highest BCUT2D eigenvalue weighted by Gasteiger charge is 2.03. The standard InChI is InChI=1S/C22H24FN/c1-7-8-20(15-17(2)3)10-9-18(4)16-19(5)24(6)22-13-11-21(23)12-14-22/h7-8,11-16H,2,4H2,1,3,5-6H3/b8-7-,19-16-,20-15+. The average Bonchev–Trinajstić information content (AvgIpc) is 2.52. The summed E-state index contributed by atoms with van der Waals surface area (Å²) in [4.78, 5) is 1.96. The molecular weight excluding hydrogens is 297 g/mol. The highest BCUT2D eigenvalue weighted by atomic mass is 19.1. The minimum Gasteiger partial charge on any atom is -0.348 e. The maximum absolute atomic E-state index is 13.0. The van der Waals surface area contributed by atoms with Crippen molar-refractivity contribution in [2.24, 2.45) is 0 Å². The van der Waals surface area contributed by atoms with Gasteiger partial charge < -0.3 is 4.90 Å². The summed E-state index contributed by atoms with van der Waals surface area (Å²) in [6.45, 7) is 13.7. The number of allylic oxidation sites excluding steroid dienone is 8. The molecule has 0 heterocycles. The van der Waals surface area contributed by atoms with E-state index >= 15 is 0 Å². The van der Waals surface area contributed by atoms with E-state index in [0.717, 1.165) is 22.5 Å². The highest BCUT2D eigenvalue weighted by Crippen LogP contribution is 2.18. The molecule has 1 rings (SSSR count). The molecule has 2 heteroatoms. The summed E-state index contributed by atoms with van der Waals surface area (Å²) in [5.41, 5.74) is 4.42. The molecule has 0 atom stereocenters. The van der Waals surface area contributed by atoms with Gasteiger partial charge in [-0.2, -0.15) is 0 Å². The van der Waals surface area contributed by atoms with Crippen molar-refractivity contribution in [2.75, 3.05) is 11.9 Å². The first kappa shape index (κ1) is 19.3. The van der Waals surface area contributed by atoms with Gasteiger partial charge in [0.2, 0.25) is 0 Å². The number of halogens is 1. The van der Waals surface area contributed by atoms with E-state index in [4.69, 9.17) is 0 Å². The van der Waals surface area contributed by atoms with E-state index in [0.29, 0.717) is 5.57 Å². The van der Waals surface area contributed by atoms with Crippen LogP contribution in [0.4, 0.5) is 10.1 Å². The van der Waals surface area contributed by atoms with Crippen LogP contribution in [0.3, 0.4) is 0 Å². The maximum Gasteiger partial charge on any atom is 0.123 e. The summed E-state index contributed by atoms with van der Waals surface area (Å²) in [6.07, 6.45) is 7.72. The molecule has 1 nitrogen and oxygen atoms in total. The SMILES string of the molecule is C=C(C#CC(/C=C\C)=C/C(=C)C)/C=C(/C)N(C)c1ccc(F)cc1. The minimum absolute atomic E-state index is 0.245. The zero-order chi connectivity index (χ0) is 18.1. The summed E-state index contributed by atoms with van der Waals surface area (Å²) in [6, 6.07) is 6.36. The first-order chi connectivity index (χ1) is 11.3. The molecule has 0 saturated heterocycles. The van der Waals surface area contributed by atoms with Gasteiger partial charge in [0.25, 0.3) is 0 Å². The van der Waals surface area contributed by atoms with E-state index in [1.54, 1.807) is 12.1 Å². The highest BCUT2D eigenvalue weighted by molar-refractivity contribution is 5.54. The van der Waals surface area contributed by atoms with Crippen LogP contribution in [0.25, 0.3) is 0 Å². The van der Waals surface area contributed by atoms with Gasteiger partial charge in [0.05, 0.1) is 0 Å². The molecule has 24 heavy (non-hydrogen) atoms. The number of anilines is 1. The Morgan fingerprint density at radius 1 is 1.08 bits per heavy atom. The predicted octanol–water partition coefficient (Wildman–Crippen LogP) is 5.80. The smallest absolute Gasteiger partial charge is 0.123 e. The molecule has 0 aliphatic heterocycles. The van der Waals surface area contributed by atoms with Crippen LogP contribution >= 0.6 is 0 Å². The molecule has 124 valence electrons. The molecular formula is C22H24FN. The zero-order valence-electron chi connectivity index (χ0n) is 14.9. The van der Waals surface area contributed by atoms with Gasteiger partial charge >= 0.3 is 0 Å². The Morgan fingerprint density at radius 2 is 1.71 bits per heavy atom. The second-order valence-electron chi connectivity index (χ2n) is 5.54. The minimum atomic E-state index is -0.245. The van der Waals surface area contributed by atoms with E-state index in [2.05, 4.69) is 25.0 Å². The lowest BCUT2D eigenvalue weighted by molar-refractivity contribution is 0.628. The van der Waals surface area contributed by atoms with Crippen molar-refractivity contribution in [1.82, 2.24) is 0 Å². The number of hydrogen-bond acceptors (Lipinski definition) is 1. The molecule has 0 N–H and O–H groups in total. The van der Waals surface area contributed by atoms with Gasteiger partial charge in [0, 0.05) is 29.6 Å².